The van der Waals surface area contributed by atoms with Gasteiger partial charge in [0, 0.05) is 11.6 Å². The van der Waals surface area contributed by atoms with Gasteiger partial charge in [0.15, 0.2) is 0 Å². The molecule has 0 amide bonds. The van der Waals surface area contributed by atoms with Crippen molar-refractivity contribution in [3.05, 3.63) is 47.7 Å². The summed E-state index contributed by atoms with van der Waals surface area (Å²) in [6, 6.07) is 5.47. The average molecular weight is 194 g/mol. The summed E-state index contributed by atoms with van der Waals surface area (Å²) in [5, 5.41) is 0. The average Bonchev–Trinajstić information content (AvgIpc) is 2.63. The molecule has 0 aliphatic heterocycles. The predicted octanol–water partition coefficient (Wildman–Crippen LogP) is 3.53. The zero-order chi connectivity index (χ0) is 10.1. The second kappa shape index (κ2) is 3.25. The zero-order valence-corrected chi connectivity index (χ0v) is 7.55. The Morgan fingerprint density at radius 3 is 2.64 bits per heavy atom. The third-order valence-corrected chi connectivity index (χ3v) is 2.10. The van der Waals surface area contributed by atoms with Crippen LogP contribution < -0.4 is 0 Å². The Bertz CT molecular complexity index is 447. The monoisotopic (exact) mass is 194 g/mol. The molecule has 2 aromatic rings. The molecule has 0 aliphatic carbocycles. The molecule has 0 atom stereocenters. The van der Waals surface area contributed by atoms with Gasteiger partial charge in [-0.3, -0.25) is 0 Å². The van der Waals surface area contributed by atoms with Gasteiger partial charge in [0.05, 0.1) is 6.26 Å². The predicted molar refractivity (Wildman–Crippen MR) is 48.8 cm³/mol. The van der Waals surface area contributed by atoms with E-state index in [0.29, 0.717) is 16.9 Å². The van der Waals surface area contributed by atoms with Gasteiger partial charge in [0.25, 0.3) is 0 Å². The number of hydrogen-bond acceptors (Lipinski definition) is 1. The van der Waals surface area contributed by atoms with Gasteiger partial charge in [-0.15, -0.1) is 0 Å². The number of benzene rings is 1. The van der Waals surface area contributed by atoms with Crippen molar-refractivity contribution in [1.82, 2.24) is 0 Å². The molecule has 0 aliphatic rings. The molecule has 0 bridgehead atoms. The minimum absolute atomic E-state index is 0.390. The second-order valence-electron chi connectivity index (χ2n) is 3.04. The van der Waals surface area contributed by atoms with E-state index in [0.717, 1.165) is 6.07 Å². The van der Waals surface area contributed by atoms with Crippen molar-refractivity contribution in [2.75, 3.05) is 0 Å². The zero-order valence-electron chi connectivity index (χ0n) is 7.55. The normalized spacial score (nSPS) is 10.5. The molecule has 72 valence electrons. The van der Waals surface area contributed by atoms with Gasteiger partial charge in [-0.1, -0.05) is 0 Å². The van der Waals surface area contributed by atoms with Crippen molar-refractivity contribution < 1.29 is 13.2 Å². The number of hydrogen-bond donors (Lipinski definition) is 0. The molecule has 0 fully saturated rings. The fourth-order valence-corrected chi connectivity index (χ4v) is 1.33. The first-order chi connectivity index (χ1) is 6.68. The van der Waals surface area contributed by atoms with E-state index in [1.807, 2.05) is 0 Å². The van der Waals surface area contributed by atoms with Crippen LogP contribution in [0.4, 0.5) is 8.78 Å². The summed E-state index contributed by atoms with van der Waals surface area (Å²) in [6.45, 7) is 1.59. The van der Waals surface area contributed by atoms with Gasteiger partial charge < -0.3 is 4.42 Å². The third-order valence-electron chi connectivity index (χ3n) is 2.10. The van der Waals surface area contributed by atoms with Crippen molar-refractivity contribution in [3.8, 4) is 11.3 Å². The lowest BCUT2D eigenvalue weighted by Gasteiger charge is -2.03. The maximum absolute atomic E-state index is 13.2. The lowest BCUT2D eigenvalue weighted by atomic mass is 10.1. The smallest absolute Gasteiger partial charge is 0.134 e. The molecule has 0 radical (unpaired) electrons. The highest BCUT2D eigenvalue weighted by Gasteiger charge is 2.10. The minimum atomic E-state index is -0.598. The van der Waals surface area contributed by atoms with Crippen LogP contribution in [-0.4, -0.2) is 0 Å². The highest BCUT2D eigenvalue weighted by atomic mass is 19.1. The molecule has 0 N–H and O–H groups in total. The Morgan fingerprint density at radius 1 is 1.21 bits per heavy atom. The quantitative estimate of drug-likeness (QED) is 0.676. The van der Waals surface area contributed by atoms with E-state index in [9.17, 15) is 8.78 Å². The van der Waals surface area contributed by atoms with Crippen LogP contribution in [0.5, 0.6) is 0 Å². The van der Waals surface area contributed by atoms with Crippen LogP contribution in [0, 0.1) is 18.6 Å². The Hall–Kier alpha value is -1.64. The standard InChI is InChI=1S/C11H8F2O/c1-7-9(11-3-2-4-14-11)5-8(12)6-10(7)13/h2-6H,1H3. The summed E-state index contributed by atoms with van der Waals surface area (Å²) in [5.74, 6) is -0.684. The van der Waals surface area contributed by atoms with Crippen LogP contribution in [0.3, 0.4) is 0 Å². The van der Waals surface area contributed by atoms with Gasteiger partial charge in [-0.05, 0) is 30.7 Å². The van der Waals surface area contributed by atoms with Crippen molar-refractivity contribution in [1.29, 1.82) is 0 Å². The van der Waals surface area contributed by atoms with E-state index in [-0.39, 0.29) is 0 Å². The minimum Gasteiger partial charge on any atom is -0.464 e. The Balaban J connectivity index is 2.64. The highest BCUT2D eigenvalue weighted by Crippen LogP contribution is 2.26. The summed E-state index contributed by atoms with van der Waals surface area (Å²) in [7, 11) is 0. The van der Waals surface area contributed by atoms with E-state index >= 15 is 0 Å². The van der Waals surface area contributed by atoms with Crippen LogP contribution in [0.2, 0.25) is 0 Å². The summed E-state index contributed by atoms with van der Waals surface area (Å²) >= 11 is 0. The molecule has 0 spiro atoms. The molecule has 2 rings (SSSR count). The summed E-state index contributed by atoms with van der Waals surface area (Å²) in [5.41, 5.74) is 0.842. The maximum Gasteiger partial charge on any atom is 0.134 e. The van der Waals surface area contributed by atoms with Crippen molar-refractivity contribution in [2.45, 2.75) is 6.92 Å². The molecule has 0 saturated carbocycles. The Kier molecular flexibility index (Phi) is 2.08. The second-order valence-corrected chi connectivity index (χ2v) is 3.04. The first kappa shape index (κ1) is 8.94. The molecule has 1 nitrogen and oxygen atoms in total. The van der Waals surface area contributed by atoms with Crippen molar-refractivity contribution >= 4 is 0 Å². The van der Waals surface area contributed by atoms with Gasteiger partial charge in [-0.25, -0.2) is 8.78 Å². The van der Waals surface area contributed by atoms with E-state index in [1.165, 1.54) is 12.3 Å². The van der Waals surface area contributed by atoms with Crippen LogP contribution in [-0.2, 0) is 0 Å². The molecular weight excluding hydrogens is 186 g/mol. The van der Waals surface area contributed by atoms with Crippen LogP contribution >= 0.6 is 0 Å². The molecule has 1 aromatic heterocycles. The van der Waals surface area contributed by atoms with Crippen LogP contribution in [0.1, 0.15) is 5.56 Å². The first-order valence-corrected chi connectivity index (χ1v) is 4.18. The maximum atomic E-state index is 13.2. The summed E-state index contributed by atoms with van der Waals surface area (Å²) in [4.78, 5) is 0. The first-order valence-electron chi connectivity index (χ1n) is 4.18. The van der Waals surface area contributed by atoms with Gasteiger partial charge in [0.2, 0.25) is 0 Å². The molecule has 1 aromatic carbocycles. The van der Waals surface area contributed by atoms with E-state index in [1.54, 1.807) is 19.1 Å². The summed E-state index contributed by atoms with van der Waals surface area (Å²) < 4.78 is 31.1. The number of rotatable bonds is 1. The number of halogens is 2. The van der Waals surface area contributed by atoms with Crippen LogP contribution in [0.25, 0.3) is 11.3 Å². The topological polar surface area (TPSA) is 13.1 Å². The van der Waals surface area contributed by atoms with E-state index < -0.39 is 11.6 Å². The molecule has 0 unspecified atom stereocenters. The lowest BCUT2D eigenvalue weighted by Crippen LogP contribution is -1.89. The third kappa shape index (κ3) is 1.41. The SMILES string of the molecule is Cc1c(F)cc(F)cc1-c1ccco1. The van der Waals surface area contributed by atoms with Crippen molar-refractivity contribution in [3.63, 3.8) is 0 Å². The lowest BCUT2D eigenvalue weighted by molar-refractivity contribution is 0.564. The van der Waals surface area contributed by atoms with Gasteiger partial charge in [0.1, 0.15) is 17.4 Å². The fourth-order valence-electron chi connectivity index (χ4n) is 1.33. The highest BCUT2D eigenvalue weighted by molar-refractivity contribution is 5.62. The molecule has 1 heterocycles. The Morgan fingerprint density at radius 2 is 2.00 bits per heavy atom. The molecular formula is C11H8F2O. The van der Waals surface area contributed by atoms with Crippen molar-refractivity contribution in [2.24, 2.45) is 0 Å². The van der Waals surface area contributed by atoms with E-state index in [4.69, 9.17) is 4.42 Å². The molecule has 0 saturated heterocycles. The molecule has 14 heavy (non-hydrogen) atoms. The summed E-state index contributed by atoms with van der Waals surface area (Å²) in [6.07, 6.45) is 1.47. The number of furan rings is 1. The Labute approximate surface area is 80.0 Å². The van der Waals surface area contributed by atoms with E-state index in [2.05, 4.69) is 0 Å². The van der Waals surface area contributed by atoms with Crippen LogP contribution in [0.15, 0.2) is 34.9 Å². The molecule has 3 heteroatoms. The fraction of sp³-hybridized carbons (Fsp3) is 0.0909. The van der Waals surface area contributed by atoms with Gasteiger partial charge in [-0.2, -0.15) is 0 Å². The largest absolute Gasteiger partial charge is 0.464 e. The van der Waals surface area contributed by atoms with Gasteiger partial charge >= 0.3 is 0 Å².